The summed E-state index contributed by atoms with van der Waals surface area (Å²) in [4.78, 5) is 9.96. The van der Waals surface area contributed by atoms with E-state index in [-0.39, 0.29) is 44.6 Å². The number of aliphatic imine (C=N–C) groups is 2. The average molecular weight is 423 g/mol. The number of hydrogen-bond donors (Lipinski definition) is 0. The fourth-order valence-corrected chi connectivity index (χ4v) is 6.73. The van der Waals surface area contributed by atoms with Crippen LogP contribution in [0.15, 0.2) is 58.6 Å². The van der Waals surface area contributed by atoms with Gasteiger partial charge in [0.25, 0.3) is 0 Å². The molecule has 0 amide bonds. The highest BCUT2D eigenvalue weighted by Crippen LogP contribution is 2.58. The smallest absolute Gasteiger partial charge is 0.0905 e. The maximum absolute atomic E-state index is 4.98. The molecule has 2 aliphatic rings. The lowest BCUT2D eigenvalue weighted by atomic mass is 9.50. The zero-order chi connectivity index (χ0) is 23.9. The second kappa shape index (κ2) is 8.04. The van der Waals surface area contributed by atoms with Crippen LogP contribution in [-0.2, 0) is 0 Å². The number of hydrogen-bond acceptors (Lipinski definition) is 2. The summed E-state index contributed by atoms with van der Waals surface area (Å²) in [5.74, 6) is 0. The highest BCUT2D eigenvalue weighted by molar-refractivity contribution is 5.46. The second-order valence-corrected chi connectivity index (χ2v) is 13.5. The minimum absolute atomic E-state index is 0.00281. The van der Waals surface area contributed by atoms with Crippen LogP contribution in [0.1, 0.15) is 83.1 Å². The molecule has 2 nitrogen and oxygen atoms in total. The first-order valence-electron chi connectivity index (χ1n) is 11.8. The van der Waals surface area contributed by atoms with Gasteiger partial charge in [-0.2, -0.15) is 0 Å². The Morgan fingerprint density at radius 2 is 0.806 bits per heavy atom. The number of allylic oxidation sites excluding steroid dienone is 4. The van der Waals surface area contributed by atoms with Crippen molar-refractivity contribution in [2.45, 2.75) is 95.2 Å². The molecule has 0 heterocycles. The van der Waals surface area contributed by atoms with Gasteiger partial charge in [-0.1, -0.05) is 132 Å². The fourth-order valence-electron chi connectivity index (χ4n) is 6.73. The Bertz CT molecular complexity index is 733. The van der Waals surface area contributed by atoms with Crippen molar-refractivity contribution in [3.63, 3.8) is 0 Å². The summed E-state index contributed by atoms with van der Waals surface area (Å²) in [5, 5.41) is 0. The molecule has 0 saturated carbocycles. The van der Waals surface area contributed by atoms with Crippen molar-refractivity contribution in [3.05, 3.63) is 48.6 Å². The third-order valence-electron chi connectivity index (χ3n) is 7.82. The van der Waals surface area contributed by atoms with Crippen LogP contribution in [0.2, 0.25) is 0 Å². The van der Waals surface area contributed by atoms with Crippen molar-refractivity contribution in [1.29, 1.82) is 0 Å². The first-order chi connectivity index (χ1) is 13.9. The topological polar surface area (TPSA) is 24.7 Å². The Hall–Kier alpha value is -1.66. The summed E-state index contributed by atoms with van der Waals surface area (Å²) in [7, 11) is 0. The zero-order valence-electron chi connectivity index (χ0n) is 22.2. The van der Waals surface area contributed by atoms with E-state index in [0.717, 1.165) is 0 Å². The molecule has 0 bridgehead atoms. The summed E-state index contributed by atoms with van der Waals surface area (Å²) in [6, 6.07) is 3.21. The standard InChI is InChI=1S/C29H46N2/c1-24(2,3)28(25(4,5)6)19-15-13-17-22(28)30-21-31-23-18-14-16-20-29(23,26(7,8)9)27(10,11)12/h13-20,22-23H,1-12H3. The van der Waals surface area contributed by atoms with Gasteiger partial charge < -0.3 is 0 Å². The van der Waals surface area contributed by atoms with E-state index in [1.54, 1.807) is 0 Å². The normalized spacial score (nSPS) is 25.3. The monoisotopic (exact) mass is 422 g/mol. The van der Waals surface area contributed by atoms with Crippen LogP contribution in [0.5, 0.6) is 0 Å². The molecule has 2 atom stereocenters. The van der Waals surface area contributed by atoms with Crippen LogP contribution in [0, 0.1) is 32.5 Å². The maximum Gasteiger partial charge on any atom is 0.0905 e. The lowest BCUT2D eigenvalue weighted by Gasteiger charge is -2.55. The summed E-state index contributed by atoms with van der Waals surface area (Å²) in [6.45, 7) is 27.8. The Balaban J connectivity index is 2.58. The van der Waals surface area contributed by atoms with Crippen molar-refractivity contribution in [3.8, 4) is 0 Å². The highest BCUT2D eigenvalue weighted by atomic mass is 14.9. The average Bonchev–Trinajstić information content (AvgIpc) is 2.58. The lowest BCUT2D eigenvalue weighted by molar-refractivity contribution is 0.00408. The molecule has 31 heavy (non-hydrogen) atoms. The first-order valence-corrected chi connectivity index (χ1v) is 11.8. The molecular formula is C29H46N2. The molecular weight excluding hydrogens is 376 g/mol. The summed E-state index contributed by atoms with van der Waals surface area (Å²) in [6.07, 6.45) is 17.7. The molecule has 172 valence electrons. The van der Waals surface area contributed by atoms with Gasteiger partial charge in [0, 0.05) is 10.8 Å². The fraction of sp³-hybridized carbons (Fsp3) is 0.690. The van der Waals surface area contributed by atoms with Crippen LogP contribution in [0.3, 0.4) is 0 Å². The van der Waals surface area contributed by atoms with E-state index in [1.165, 1.54) is 0 Å². The molecule has 0 radical (unpaired) electrons. The van der Waals surface area contributed by atoms with Gasteiger partial charge in [-0.05, 0) is 21.7 Å². The SMILES string of the molecule is CC(C)(C)C1(C(C)(C)C)C=CC=CC1N=C=NC1C=CC=CC1(C(C)(C)C)C(C)(C)C. The molecule has 0 aromatic rings. The molecule has 2 rings (SSSR count). The minimum atomic E-state index is -0.120. The van der Waals surface area contributed by atoms with Crippen molar-refractivity contribution >= 4 is 6.01 Å². The Kier molecular flexibility index (Phi) is 6.64. The quantitative estimate of drug-likeness (QED) is 0.400. The van der Waals surface area contributed by atoms with E-state index in [1.807, 2.05) is 0 Å². The Morgan fingerprint density at radius 3 is 1.06 bits per heavy atom. The summed E-state index contributed by atoms with van der Waals surface area (Å²) in [5.41, 5.74) is -0.0882. The predicted octanol–water partition coefficient (Wildman–Crippen LogP) is 8.31. The third-order valence-corrected chi connectivity index (χ3v) is 7.82. The Morgan fingerprint density at radius 1 is 0.516 bits per heavy atom. The van der Waals surface area contributed by atoms with Crippen LogP contribution >= 0.6 is 0 Å². The van der Waals surface area contributed by atoms with E-state index in [2.05, 4.69) is 138 Å². The van der Waals surface area contributed by atoms with E-state index in [4.69, 9.17) is 9.98 Å². The molecule has 2 aliphatic carbocycles. The zero-order valence-corrected chi connectivity index (χ0v) is 22.2. The van der Waals surface area contributed by atoms with Gasteiger partial charge in [-0.15, -0.1) is 0 Å². The van der Waals surface area contributed by atoms with Crippen molar-refractivity contribution in [2.75, 3.05) is 0 Å². The van der Waals surface area contributed by atoms with Gasteiger partial charge in [-0.25, -0.2) is 9.98 Å². The summed E-state index contributed by atoms with van der Waals surface area (Å²) >= 11 is 0. The van der Waals surface area contributed by atoms with Crippen LogP contribution in [0.25, 0.3) is 0 Å². The molecule has 2 heteroatoms. The van der Waals surface area contributed by atoms with E-state index < -0.39 is 0 Å². The van der Waals surface area contributed by atoms with E-state index in [9.17, 15) is 0 Å². The largest absolute Gasteiger partial charge is 0.217 e. The predicted molar refractivity (Wildman–Crippen MR) is 137 cm³/mol. The third kappa shape index (κ3) is 4.21. The maximum atomic E-state index is 4.98. The molecule has 0 fully saturated rings. The molecule has 0 aromatic heterocycles. The second-order valence-electron chi connectivity index (χ2n) is 13.5. The molecule has 0 aliphatic heterocycles. The van der Waals surface area contributed by atoms with E-state index in [0.29, 0.717) is 0 Å². The number of nitrogens with zero attached hydrogens (tertiary/aromatic N) is 2. The van der Waals surface area contributed by atoms with Gasteiger partial charge >= 0.3 is 0 Å². The summed E-state index contributed by atoms with van der Waals surface area (Å²) < 4.78 is 0. The van der Waals surface area contributed by atoms with Crippen molar-refractivity contribution in [1.82, 2.24) is 0 Å². The Labute approximate surface area is 192 Å². The van der Waals surface area contributed by atoms with Gasteiger partial charge in [0.1, 0.15) is 0 Å². The minimum Gasteiger partial charge on any atom is -0.217 e. The number of rotatable bonds is 2. The molecule has 0 aromatic carbocycles. The first kappa shape index (κ1) is 25.6. The lowest BCUT2D eigenvalue weighted by Crippen LogP contribution is -2.53. The molecule has 0 N–H and O–H groups in total. The molecule has 0 spiro atoms. The molecule has 0 saturated heterocycles. The van der Waals surface area contributed by atoms with Gasteiger partial charge in [-0.3, -0.25) is 0 Å². The van der Waals surface area contributed by atoms with Gasteiger partial charge in [0.05, 0.1) is 18.1 Å². The van der Waals surface area contributed by atoms with Crippen molar-refractivity contribution < 1.29 is 0 Å². The molecule has 2 unspecified atom stereocenters. The van der Waals surface area contributed by atoms with Gasteiger partial charge in [0.15, 0.2) is 0 Å². The van der Waals surface area contributed by atoms with Gasteiger partial charge in [0.2, 0.25) is 0 Å². The van der Waals surface area contributed by atoms with E-state index >= 15 is 0 Å². The van der Waals surface area contributed by atoms with Crippen LogP contribution in [0.4, 0.5) is 0 Å². The van der Waals surface area contributed by atoms with Crippen LogP contribution in [-0.4, -0.2) is 18.1 Å². The van der Waals surface area contributed by atoms with Crippen molar-refractivity contribution in [2.24, 2.45) is 42.5 Å². The van der Waals surface area contributed by atoms with Crippen LogP contribution < -0.4 is 0 Å². The highest BCUT2D eigenvalue weighted by Gasteiger charge is 2.55.